The van der Waals surface area contributed by atoms with E-state index in [2.05, 4.69) is 28.1 Å². The summed E-state index contributed by atoms with van der Waals surface area (Å²) < 4.78 is 5.50. The number of ether oxygens (including phenoxy) is 1. The Hall–Kier alpha value is -2.86. The van der Waals surface area contributed by atoms with E-state index in [4.69, 9.17) is 4.74 Å². The molecule has 1 saturated heterocycles. The van der Waals surface area contributed by atoms with Gasteiger partial charge in [0.1, 0.15) is 0 Å². The van der Waals surface area contributed by atoms with Gasteiger partial charge < -0.3 is 20.7 Å². The molecule has 0 radical (unpaired) electrons. The van der Waals surface area contributed by atoms with Crippen LogP contribution in [0.1, 0.15) is 66.8 Å². The average Bonchev–Trinajstić information content (AvgIpc) is 3.33. The lowest BCUT2D eigenvalue weighted by Crippen LogP contribution is -2.35. The molecule has 31 heavy (non-hydrogen) atoms. The van der Waals surface area contributed by atoms with Crippen LogP contribution in [-0.2, 0) is 4.74 Å². The van der Waals surface area contributed by atoms with Gasteiger partial charge in [-0.15, -0.1) is 0 Å². The number of nitrogens with one attached hydrogen (secondary N) is 3. The van der Waals surface area contributed by atoms with Crippen molar-refractivity contribution in [1.29, 1.82) is 0 Å². The number of hydrogen-bond donors (Lipinski definition) is 3. The maximum Gasteiger partial charge on any atom is 0.319 e. The van der Waals surface area contributed by atoms with Crippen LogP contribution in [0.15, 0.2) is 48.5 Å². The van der Waals surface area contributed by atoms with Crippen LogP contribution < -0.4 is 16.0 Å². The number of amides is 3. The molecule has 4 rings (SSSR count). The lowest BCUT2D eigenvalue weighted by Gasteiger charge is -2.22. The van der Waals surface area contributed by atoms with E-state index >= 15 is 0 Å². The third-order valence-corrected chi connectivity index (χ3v) is 6.16. The highest BCUT2D eigenvalue weighted by Gasteiger charge is 2.17. The van der Waals surface area contributed by atoms with Gasteiger partial charge in [-0.2, -0.15) is 0 Å². The number of urea groups is 1. The smallest absolute Gasteiger partial charge is 0.319 e. The van der Waals surface area contributed by atoms with Crippen LogP contribution in [0.2, 0.25) is 0 Å². The minimum absolute atomic E-state index is 0.111. The van der Waals surface area contributed by atoms with E-state index in [-0.39, 0.29) is 18.0 Å². The number of benzene rings is 2. The molecule has 2 fully saturated rings. The molecule has 2 aliphatic rings. The van der Waals surface area contributed by atoms with Crippen LogP contribution >= 0.6 is 0 Å². The first-order valence-corrected chi connectivity index (χ1v) is 11.4. The van der Waals surface area contributed by atoms with Gasteiger partial charge >= 0.3 is 6.03 Å². The highest BCUT2D eigenvalue weighted by atomic mass is 16.5. The van der Waals surface area contributed by atoms with Crippen LogP contribution in [0.3, 0.4) is 0 Å². The van der Waals surface area contributed by atoms with Crippen LogP contribution in [-0.4, -0.2) is 31.2 Å². The first kappa shape index (κ1) is 21.4. The zero-order valence-corrected chi connectivity index (χ0v) is 17.9. The van der Waals surface area contributed by atoms with Crippen molar-refractivity contribution in [3.05, 3.63) is 59.7 Å². The summed E-state index contributed by atoms with van der Waals surface area (Å²) in [5.41, 5.74) is 3.34. The van der Waals surface area contributed by atoms with E-state index in [1.807, 2.05) is 12.1 Å². The van der Waals surface area contributed by atoms with Gasteiger partial charge in [-0.05, 0) is 73.6 Å². The normalized spacial score (nSPS) is 19.0. The second kappa shape index (κ2) is 10.4. The van der Waals surface area contributed by atoms with Crippen molar-refractivity contribution in [2.75, 3.05) is 23.8 Å². The molecule has 1 saturated carbocycles. The fourth-order valence-electron chi connectivity index (χ4n) is 4.37. The third kappa shape index (κ3) is 6.07. The maximum absolute atomic E-state index is 12.6. The predicted molar refractivity (Wildman–Crippen MR) is 123 cm³/mol. The Morgan fingerprint density at radius 2 is 1.48 bits per heavy atom. The van der Waals surface area contributed by atoms with Crippen LogP contribution in [0.25, 0.3) is 0 Å². The lowest BCUT2D eigenvalue weighted by atomic mass is 9.84. The van der Waals surface area contributed by atoms with Crippen molar-refractivity contribution in [2.24, 2.45) is 0 Å². The third-order valence-electron chi connectivity index (χ3n) is 6.16. The summed E-state index contributed by atoms with van der Waals surface area (Å²) in [6.07, 6.45) is 8.58. The van der Waals surface area contributed by atoms with Crippen LogP contribution in [0, 0.1) is 0 Å². The molecule has 1 aliphatic heterocycles. The van der Waals surface area contributed by atoms with Gasteiger partial charge in [0.2, 0.25) is 0 Å². The van der Waals surface area contributed by atoms with Gasteiger partial charge in [0.25, 0.3) is 5.91 Å². The summed E-state index contributed by atoms with van der Waals surface area (Å²) in [5.74, 6) is 0.499. The van der Waals surface area contributed by atoms with Crippen molar-refractivity contribution < 1.29 is 14.3 Å². The molecular weight excluding hydrogens is 390 g/mol. The van der Waals surface area contributed by atoms with E-state index in [0.717, 1.165) is 19.4 Å². The van der Waals surface area contributed by atoms with Gasteiger partial charge in [0, 0.05) is 30.1 Å². The number of hydrogen-bond acceptors (Lipinski definition) is 3. The first-order chi connectivity index (χ1) is 15.2. The summed E-state index contributed by atoms with van der Waals surface area (Å²) in [6, 6.07) is 14.8. The summed E-state index contributed by atoms with van der Waals surface area (Å²) >= 11 is 0. The van der Waals surface area contributed by atoms with Gasteiger partial charge in [-0.3, -0.25) is 4.79 Å². The molecule has 2 aromatic rings. The first-order valence-electron chi connectivity index (χ1n) is 11.4. The fraction of sp³-hybridized carbons (Fsp3) is 0.440. The van der Waals surface area contributed by atoms with E-state index in [9.17, 15) is 9.59 Å². The van der Waals surface area contributed by atoms with E-state index in [1.165, 1.54) is 37.7 Å². The van der Waals surface area contributed by atoms with Crippen molar-refractivity contribution in [1.82, 2.24) is 5.32 Å². The Kier molecular flexibility index (Phi) is 7.20. The minimum Gasteiger partial charge on any atom is -0.376 e. The molecule has 1 atom stereocenters. The maximum atomic E-state index is 12.6. The fourth-order valence-corrected chi connectivity index (χ4v) is 4.37. The molecule has 1 unspecified atom stereocenters. The topological polar surface area (TPSA) is 79.5 Å². The van der Waals surface area contributed by atoms with Crippen molar-refractivity contribution in [2.45, 2.75) is 57.0 Å². The Bertz CT molecular complexity index is 868. The largest absolute Gasteiger partial charge is 0.376 e. The molecule has 6 nitrogen and oxygen atoms in total. The standard InChI is InChI=1S/C25H31N3O3/c29-24(20-10-8-19(9-11-20)18-5-2-1-3-6-18)27-21-12-14-22(15-13-21)28-25(30)26-17-23-7-4-16-31-23/h8-15,18,23H,1-7,16-17H2,(H,27,29)(H2,26,28,30). The van der Waals surface area contributed by atoms with Gasteiger partial charge in [-0.1, -0.05) is 31.4 Å². The van der Waals surface area contributed by atoms with E-state index in [0.29, 0.717) is 29.4 Å². The second-order valence-corrected chi connectivity index (χ2v) is 8.46. The van der Waals surface area contributed by atoms with Crippen LogP contribution in [0.4, 0.5) is 16.2 Å². The summed E-state index contributed by atoms with van der Waals surface area (Å²) in [7, 11) is 0. The quantitative estimate of drug-likeness (QED) is 0.593. The summed E-state index contributed by atoms with van der Waals surface area (Å²) in [4.78, 5) is 24.6. The van der Waals surface area contributed by atoms with E-state index in [1.54, 1.807) is 24.3 Å². The van der Waals surface area contributed by atoms with E-state index < -0.39 is 0 Å². The number of carbonyl (C=O) groups is 2. The highest BCUT2D eigenvalue weighted by Crippen LogP contribution is 2.32. The Labute approximate surface area is 183 Å². The monoisotopic (exact) mass is 421 g/mol. The van der Waals surface area contributed by atoms with Gasteiger partial charge in [-0.25, -0.2) is 4.79 Å². The van der Waals surface area contributed by atoms with Crippen molar-refractivity contribution >= 4 is 23.3 Å². The zero-order chi connectivity index (χ0) is 21.5. The molecule has 2 aromatic carbocycles. The average molecular weight is 422 g/mol. The summed E-state index contributed by atoms with van der Waals surface area (Å²) in [5, 5.41) is 8.54. The molecule has 3 amide bonds. The SMILES string of the molecule is O=C(NCC1CCCO1)Nc1ccc(NC(=O)c2ccc(C3CCCCC3)cc2)cc1. The molecule has 0 bridgehead atoms. The number of rotatable bonds is 6. The molecular formula is C25H31N3O3. The van der Waals surface area contributed by atoms with Crippen molar-refractivity contribution in [3.63, 3.8) is 0 Å². The van der Waals surface area contributed by atoms with Crippen LogP contribution in [0.5, 0.6) is 0 Å². The van der Waals surface area contributed by atoms with Crippen molar-refractivity contribution in [3.8, 4) is 0 Å². The number of anilines is 2. The molecule has 0 aromatic heterocycles. The molecule has 164 valence electrons. The lowest BCUT2D eigenvalue weighted by molar-refractivity contribution is 0.102. The Morgan fingerprint density at radius 3 is 2.13 bits per heavy atom. The number of carbonyl (C=O) groups excluding carboxylic acids is 2. The molecule has 1 heterocycles. The molecule has 3 N–H and O–H groups in total. The Morgan fingerprint density at radius 1 is 0.806 bits per heavy atom. The molecule has 1 aliphatic carbocycles. The van der Waals surface area contributed by atoms with Gasteiger partial charge in [0.05, 0.1) is 6.10 Å². The van der Waals surface area contributed by atoms with Gasteiger partial charge in [0.15, 0.2) is 0 Å². The Balaban J connectivity index is 1.26. The minimum atomic E-state index is -0.259. The highest BCUT2D eigenvalue weighted by molar-refractivity contribution is 6.04. The second-order valence-electron chi connectivity index (χ2n) is 8.46. The molecule has 6 heteroatoms. The zero-order valence-electron chi connectivity index (χ0n) is 17.9. The predicted octanol–water partition coefficient (Wildman–Crippen LogP) is 5.29. The summed E-state index contributed by atoms with van der Waals surface area (Å²) in [6.45, 7) is 1.28. The molecule has 0 spiro atoms.